The quantitative estimate of drug-likeness (QED) is 0.333. The van der Waals surface area contributed by atoms with Crippen molar-refractivity contribution in [1.29, 1.82) is 5.26 Å². The fraction of sp³-hybridized carbons (Fsp3) is 0.176. The van der Waals surface area contributed by atoms with Crippen LogP contribution in [0.3, 0.4) is 0 Å². The van der Waals surface area contributed by atoms with Crippen molar-refractivity contribution < 1.29 is 4.79 Å². The van der Waals surface area contributed by atoms with Crippen molar-refractivity contribution in [3.05, 3.63) is 46.2 Å². The first-order chi connectivity index (χ1) is 13.6. The van der Waals surface area contributed by atoms with Crippen LogP contribution in [0.5, 0.6) is 0 Å². The number of nitriles is 1. The number of carbonyl (C=O) groups is 1. The number of aromatic nitrogens is 4. The monoisotopic (exact) mass is 430 g/mol. The van der Waals surface area contributed by atoms with E-state index >= 15 is 0 Å². The second-order valence-electron chi connectivity index (χ2n) is 5.22. The minimum Gasteiger partial charge on any atom is -0.300 e. The van der Waals surface area contributed by atoms with E-state index in [1.807, 2.05) is 19.1 Å². The molecule has 0 aliphatic heterocycles. The molecular weight excluding hydrogens is 416 g/mol. The Labute approximate surface area is 172 Å². The van der Waals surface area contributed by atoms with Gasteiger partial charge in [0.05, 0.1) is 11.4 Å². The normalized spacial score (nSPS) is 10.4. The van der Waals surface area contributed by atoms with Gasteiger partial charge in [-0.3, -0.25) is 14.9 Å². The summed E-state index contributed by atoms with van der Waals surface area (Å²) in [6, 6.07) is 10.9. The van der Waals surface area contributed by atoms with E-state index in [-0.39, 0.29) is 22.4 Å². The molecule has 0 fully saturated rings. The van der Waals surface area contributed by atoms with E-state index in [1.54, 1.807) is 36.0 Å². The zero-order valence-corrected chi connectivity index (χ0v) is 17.1. The number of anilines is 1. The van der Waals surface area contributed by atoms with Crippen LogP contribution >= 0.6 is 34.9 Å². The second-order valence-corrected chi connectivity index (χ2v) is 8.67. The molecule has 28 heavy (non-hydrogen) atoms. The molecular formula is C17H14N6O2S3. The third-order valence-electron chi connectivity index (χ3n) is 3.32. The summed E-state index contributed by atoms with van der Waals surface area (Å²) >= 11 is 3.93. The summed E-state index contributed by atoms with van der Waals surface area (Å²) in [5.41, 5.74) is 0.353. The third kappa shape index (κ3) is 4.98. The molecule has 0 radical (unpaired) electrons. The molecule has 0 bridgehead atoms. The van der Waals surface area contributed by atoms with Gasteiger partial charge in [-0.15, -0.1) is 10.2 Å². The third-order valence-corrected chi connectivity index (χ3v) is 6.04. The minimum atomic E-state index is -0.537. The summed E-state index contributed by atoms with van der Waals surface area (Å²) in [6.07, 6.45) is 0. The van der Waals surface area contributed by atoms with Gasteiger partial charge in [0.2, 0.25) is 11.0 Å². The summed E-state index contributed by atoms with van der Waals surface area (Å²) < 4.78 is 0.788. The summed E-state index contributed by atoms with van der Waals surface area (Å²) in [5, 5.41) is 20.5. The van der Waals surface area contributed by atoms with Gasteiger partial charge >= 0.3 is 0 Å². The first-order valence-electron chi connectivity index (χ1n) is 8.09. The number of amides is 1. The topological polar surface area (TPSA) is 124 Å². The number of hydrogen-bond acceptors (Lipinski definition) is 9. The van der Waals surface area contributed by atoms with Crippen molar-refractivity contribution >= 4 is 45.9 Å². The zero-order chi connectivity index (χ0) is 19.9. The van der Waals surface area contributed by atoms with E-state index in [1.165, 1.54) is 11.3 Å². The lowest BCUT2D eigenvalue weighted by molar-refractivity contribution is -0.113. The van der Waals surface area contributed by atoms with Crippen LogP contribution in [0.2, 0.25) is 0 Å². The average Bonchev–Trinajstić information content (AvgIpc) is 3.13. The Balaban J connectivity index is 1.72. The molecule has 0 saturated carbocycles. The highest BCUT2D eigenvalue weighted by Crippen LogP contribution is 2.25. The Morgan fingerprint density at radius 3 is 2.79 bits per heavy atom. The first-order valence-corrected chi connectivity index (χ1v) is 10.9. The molecule has 2 heterocycles. The van der Waals surface area contributed by atoms with Gasteiger partial charge in [0.25, 0.3) is 5.56 Å². The number of aromatic amines is 1. The van der Waals surface area contributed by atoms with E-state index in [2.05, 4.69) is 25.5 Å². The van der Waals surface area contributed by atoms with E-state index in [4.69, 9.17) is 0 Å². The average molecular weight is 431 g/mol. The number of nitrogens with one attached hydrogen (secondary N) is 2. The fourth-order valence-electron chi connectivity index (χ4n) is 2.16. The van der Waals surface area contributed by atoms with E-state index < -0.39 is 5.56 Å². The molecule has 3 aromatic rings. The Morgan fingerprint density at radius 1 is 1.29 bits per heavy atom. The molecule has 0 aliphatic carbocycles. The molecule has 0 aliphatic rings. The van der Waals surface area contributed by atoms with Crippen LogP contribution in [0.1, 0.15) is 12.5 Å². The lowest BCUT2D eigenvalue weighted by Gasteiger charge is -2.06. The maximum atomic E-state index is 12.2. The molecule has 11 heteroatoms. The largest absolute Gasteiger partial charge is 0.300 e. The Kier molecular flexibility index (Phi) is 6.80. The van der Waals surface area contributed by atoms with Crippen molar-refractivity contribution in [1.82, 2.24) is 20.2 Å². The number of H-pyrrole nitrogens is 1. The van der Waals surface area contributed by atoms with Crippen LogP contribution in [-0.4, -0.2) is 37.6 Å². The van der Waals surface area contributed by atoms with Crippen molar-refractivity contribution in [2.24, 2.45) is 0 Å². The van der Waals surface area contributed by atoms with Crippen molar-refractivity contribution in [2.45, 2.75) is 16.4 Å². The highest BCUT2D eigenvalue weighted by atomic mass is 32.2. The fourth-order valence-corrected chi connectivity index (χ4v) is 4.49. The van der Waals surface area contributed by atoms with Crippen LogP contribution in [0.15, 0.2) is 44.6 Å². The van der Waals surface area contributed by atoms with Crippen LogP contribution < -0.4 is 10.9 Å². The predicted molar refractivity (Wildman–Crippen MR) is 111 cm³/mol. The highest BCUT2D eigenvalue weighted by molar-refractivity contribution is 8.01. The van der Waals surface area contributed by atoms with Crippen LogP contribution in [0.25, 0.3) is 11.3 Å². The lowest BCUT2D eigenvalue weighted by Crippen LogP contribution is -2.17. The van der Waals surface area contributed by atoms with Gasteiger partial charge in [-0.1, -0.05) is 72.1 Å². The van der Waals surface area contributed by atoms with Gasteiger partial charge < -0.3 is 4.98 Å². The van der Waals surface area contributed by atoms with Gasteiger partial charge in [0, 0.05) is 5.56 Å². The maximum absolute atomic E-state index is 12.2. The second kappa shape index (κ2) is 9.50. The molecule has 0 unspecified atom stereocenters. The van der Waals surface area contributed by atoms with Crippen LogP contribution in [0.4, 0.5) is 5.13 Å². The summed E-state index contributed by atoms with van der Waals surface area (Å²) in [7, 11) is 0. The number of thioether (sulfide) groups is 2. The number of carbonyl (C=O) groups excluding carboxylic acids is 1. The summed E-state index contributed by atoms with van der Waals surface area (Å²) in [6.45, 7) is 2.01. The Morgan fingerprint density at radius 2 is 2.07 bits per heavy atom. The lowest BCUT2D eigenvalue weighted by atomic mass is 10.1. The Hall–Kier alpha value is -2.68. The molecule has 142 valence electrons. The molecule has 1 aromatic carbocycles. The van der Waals surface area contributed by atoms with Gasteiger partial charge in [-0.25, -0.2) is 4.98 Å². The molecule has 2 aromatic heterocycles. The maximum Gasteiger partial charge on any atom is 0.270 e. The van der Waals surface area contributed by atoms with Crippen LogP contribution in [0, 0.1) is 11.3 Å². The standard InChI is InChI=1S/C17H14N6O2S3/c1-2-26-17-23-22-16(28-17)19-12(24)9-27-15-20-13(10-6-4-3-5-7-10)11(8-18)14(25)21-15/h3-7H,2,9H2,1H3,(H,19,22,24)(H,20,21,25). The van der Waals surface area contributed by atoms with Gasteiger partial charge in [0.15, 0.2) is 9.50 Å². The number of hydrogen-bond donors (Lipinski definition) is 2. The van der Waals surface area contributed by atoms with Gasteiger partial charge in [-0.05, 0) is 5.75 Å². The predicted octanol–water partition coefficient (Wildman–Crippen LogP) is 3.00. The minimum absolute atomic E-state index is 0.0267. The molecule has 0 spiro atoms. The zero-order valence-electron chi connectivity index (χ0n) is 14.6. The molecule has 0 atom stereocenters. The number of benzene rings is 1. The van der Waals surface area contributed by atoms with E-state index in [0.717, 1.165) is 21.9 Å². The summed E-state index contributed by atoms with van der Waals surface area (Å²) in [4.78, 5) is 31.3. The van der Waals surface area contributed by atoms with Gasteiger partial charge in [-0.2, -0.15) is 5.26 Å². The highest BCUT2D eigenvalue weighted by Gasteiger charge is 2.15. The van der Waals surface area contributed by atoms with Crippen LogP contribution in [-0.2, 0) is 4.79 Å². The van der Waals surface area contributed by atoms with Crippen molar-refractivity contribution in [2.75, 3.05) is 16.8 Å². The number of rotatable bonds is 7. The Bertz CT molecular complexity index is 1070. The smallest absolute Gasteiger partial charge is 0.270 e. The molecule has 2 N–H and O–H groups in total. The van der Waals surface area contributed by atoms with E-state index in [0.29, 0.717) is 16.4 Å². The summed E-state index contributed by atoms with van der Waals surface area (Å²) in [5.74, 6) is 0.612. The molecule has 8 nitrogen and oxygen atoms in total. The molecule has 3 rings (SSSR count). The molecule has 1 amide bonds. The number of nitrogens with zero attached hydrogens (tertiary/aromatic N) is 4. The molecule has 0 saturated heterocycles. The SMILES string of the molecule is CCSc1nnc(NC(=O)CSc2nc(-c3ccccc3)c(C#N)c(=O)[nH]2)s1. The van der Waals surface area contributed by atoms with Crippen molar-refractivity contribution in [3.8, 4) is 17.3 Å². The first kappa shape index (κ1) is 20.1. The van der Waals surface area contributed by atoms with Crippen molar-refractivity contribution in [3.63, 3.8) is 0 Å². The van der Waals surface area contributed by atoms with E-state index in [9.17, 15) is 14.9 Å². The van der Waals surface area contributed by atoms with Gasteiger partial charge in [0.1, 0.15) is 11.6 Å².